The molecule has 0 saturated carbocycles. The number of amides is 3. The first kappa shape index (κ1) is 36.2. The van der Waals surface area contributed by atoms with E-state index in [1.165, 1.54) is 32.1 Å². The number of carbonyl (C=O) groups excluding carboxylic acids is 3. The maximum atomic E-state index is 13.0. The smallest absolute Gasteiger partial charge is 0.278 e. The van der Waals surface area contributed by atoms with Crippen LogP contribution in [-0.4, -0.2) is 74.0 Å². The largest absolute Gasteiger partial charge is 0.358 e. The molecule has 0 aliphatic rings. The van der Waals surface area contributed by atoms with Gasteiger partial charge in [0.2, 0.25) is 5.91 Å². The van der Waals surface area contributed by atoms with Crippen LogP contribution in [0.3, 0.4) is 0 Å². The molecule has 0 aromatic carbocycles. The van der Waals surface area contributed by atoms with E-state index in [1.807, 2.05) is 4.90 Å². The lowest BCUT2D eigenvalue weighted by molar-refractivity contribution is -0.406. The van der Waals surface area contributed by atoms with E-state index in [9.17, 15) is 14.4 Å². The molecule has 10 heteroatoms. The van der Waals surface area contributed by atoms with Crippen LogP contribution in [0.4, 0.5) is 0 Å². The number of hydrogen-bond donors (Lipinski definition) is 6. The van der Waals surface area contributed by atoms with Crippen LogP contribution >= 0.6 is 0 Å². The van der Waals surface area contributed by atoms with E-state index in [4.69, 9.17) is 0 Å². The lowest BCUT2D eigenvalue weighted by Gasteiger charge is -2.23. The second-order valence-electron chi connectivity index (χ2n) is 10.6. The summed E-state index contributed by atoms with van der Waals surface area (Å²) in [5, 5.41) is 5.95. The lowest BCUT2D eigenvalue weighted by atomic mass is 10.1. The highest BCUT2D eigenvalue weighted by Crippen LogP contribution is 2.10. The van der Waals surface area contributed by atoms with E-state index in [0.717, 1.165) is 64.5 Å². The Balaban J connectivity index is 4.50. The lowest BCUT2D eigenvalue weighted by Crippen LogP contribution is -2.67. The van der Waals surface area contributed by atoms with Crippen LogP contribution in [0.1, 0.15) is 110 Å². The minimum Gasteiger partial charge on any atom is -0.358 e. The molecule has 0 unspecified atom stereocenters. The van der Waals surface area contributed by atoms with Crippen molar-refractivity contribution in [1.29, 1.82) is 0 Å². The summed E-state index contributed by atoms with van der Waals surface area (Å²) in [6, 6.07) is -0.480. The normalized spacial score (nSPS) is 12.7. The molecule has 10 nitrogen and oxygen atoms in total. The molecule has 0 radical (unpaired) electrons. The summed E-state index contributed by atoms with van der Waals surface area (Å²) < 4.78 is 0. The van der Waals surface area contributed by atoms with Crippen molar-refractivity contribution in [1.82, 2.24) is 15.5 Å². The highest BCUT2D eigenvalue weighted by atomic mass is 16.2. The van der Waals surface area contributed by atoms with Gasteiger partial charge in [0.15, 0.2) is 12.1 Å². The number of nitrogens with one attached hydrogen (secondary N) is 2. The summed E-state index contributed by atoms with van der Waals surface area (Å²) in [6.07, 6.45) is 15.7. The summed E-state index contributed by atoms with van der Waals surface area (Å²) >= 11 is 0. The molecule has 0 aromatic heterocycles. The van der Waals surface area contributed by atoms with Crippen molar-refractivity contribution in [2.24, 2.45) is 0 Å². The van der Waals surface area contributed by atoms with Crippen molar-refractivity contribution in [3.05, 3.63) is 0 Å². The summed E-state index contributed by atoms with van der Waals surface area (Å²) in [6.45, 7) is 6.27. The molecule has 0 aromatic rings. The fourth-order valence-corrected chi connectivity index (χ4v) is 4.40. The van der Waals surface area contributed by atoms with E-state index in [0.29, 0.717) is 45.4 Å². The Labute approximate surface area is 231 Å². The maximum Gasteiger partial charge on any atom is 0.278 e. The van der Waals surface area contributed by atoms with Gasteiger partial charge in [-0.1, -0.05) is 45.4 Å². The fraction of sp³-hybridized carbons (Fsp3) is 0.893. The average Bonchev–Trinajstić information content (AvgIpc) is 2.91. The number of rotatable bonds is 26. The third kappa shape index (κ3) is 20.2. The van der Waals surface area contributed by atoms with E-state index in [-0.39, 0.29) is 29.8 Å². The molecule has 38 heavy (non-hydrogen) atoms. The van der Waals surface area contributed by atoms with Crippen molar-refractivity contribution >= 4 is 17.7 Å². The van der Waals surface area contributed by atoms with Gasteiger partial charge in [0.25, 0.3) is 11.8 Å². The summed E-state index contributed by atoms with van der Waals surface area (Å²) in [5.74, 6) is 0.133. The minimum absolute atomic E-state index is 0.0179. The van der Waals surface area contributed by atoms with E-state index in [2.05, 4.69) is 40.5 Å². The van der Waals surface area contributed by atoms with E-state index < -0.39 is 0 Å². The number of unbranched alkanes of at least 4 members (excludes halogenated alkanes) is 8. The van der Waals surface area contributed by atoms with Crippen LogP contribution in [0.25, 0.3) is 0 Å². The van der Waals surface area contributed by atoms with Crippen molar-refractivity contribution < 1.29 is 37.3 Å². The Bertz CT molecular complexity index is 571. The zero-order chi connectivity index (χ0) is 28.4. The molecule has 2 atom stereocenters. The van der Waals surface area contributed by atoms with E-state index in [1.54, 1.807) is 0 Å². The zero-order valence-corrected chi connectivity index (χ0v) is 24.7. The molecular formula is C28H63N7O3+4. The number of hydrogen-bond acceptors (Lipinski definition) is 3. The van der Waals surface area contributed by atoms with Gasteiger partial charge in [0, 0.05) is 45.4 Å². The maximum absolute atomic E-state index is 13.0. The summed E-state index contributed by atoms with van der Waals surface area (Å²) in [5.41, 5.74) is 15.6. The van der Waals surface area contributed by atoms with Gasteiger partial charge >= 0.3 is 0 Å². The summed E-state index contributed by atoms with van der Waals surface area (Å²) in [4.78, 5) is 39.4. The molecular weight excluding hydrogens is 482 g/mol. The third-order valence-electron chi connectivity index (χ3n) is 7.00. The van der Waals surface area contributed by atoms with Gasteiger partial charge in [-0.2, -0.15) is 0 Å². The van der Waals surface area contributed by atoms with Crippen molar-refractivity contribution in [2.75, 3.05) is 39.3 Å². The van der Waals surface area contributed by atoms with Gasteiger partial charge in [-0.05, 0) is 44.9 Å². The molecule has 224 valence electrons. The number of quaternary nitrogens is 4. The average molecular weight is 546 g/mol. The first-order valence-corrected chi connectivity index (χ1v) is 15.4. The minimum atomic E-state index is -0.240. The first-order valence-electron chi connectivity index (χ1n) is 15.4. The molecule has 0 aliphatic carbocycles. The van der Waals surface area contributed by atoms with Crippen molar-refractivity contribution in [3.63, 3.8) is 0 Å². The van der Waals surface area contributed by atoms with Crippen LogP contribution in [0.2, 0.25) is 0 Å². The highest BCUT2D eigenvalue weighted by Gasteiger charge is 2.18. The van der Waals surface area contributed by atoms with Gasteiger partial charge in [-0.15, -0.1) is 0 Å². The number of nitrogens with zero attached hydrogens (tertiary/aromatic N) is 1. The second kappa shape index (κ2) is 25.5. The Hall–Kier alpha value is -1.75. The topological polar surface area (TPSA) is 189 Å². The Kier molecular flexibility index (Phi) is 24.3. The van der Waals surface area contributed by atoms with Crippen molar-refractivity contribution in [3.8, 4) is 0 Å². The summed E-state index contributed by atoms with van der Waals surface area (Å²) in [7, 11) is 0. The molecule has 0 saturated heterocycles. The predicted molar refractivity (Wildman–Crippen MR) is 151 cm³/mol. The zero-order valence-electron chi connectivity index (χ0n) is 24.7. The Morgan fingerprint density at radius 2 is 1.08 bits per heavy atom. The predicted octanol–water partition coefficient (Wildman–Crippen LogP) is -0.986. The second-order valence-corrected chi connectivity index (χ2v) is 10.6. The fourth-order valence-electron chi connectivity index (χ4n) is 4.40. The van der Waals surface area contributed by atoms with Crippen LogP contribution in [0.5, 0.6) is 0 Å². The van der Waals surface area contributed by atoms with Crippen LogP contribution < -0.4 is 33.6 Å². The molecule has 0 rings (SSSR count). The molecule has 14 N–H and O–H groups in total. The highest BCUT2D eigenvalue weighted by molar-refractivity contribution is 5.80. The van der Waals surface area contributed by atoms with Gasteiger partial charge in [-0.3, -0.25) is 14.4 Å². The van der Waals surface area contributed by atoms with Gasteiger partial charge in [0.05, 0.1) is 13.1 Å². The molecule has 3 amide bonds. The van der Waals surface area contributed by atoms with Crippen molar-refractivity contribution in [2.45, 2.75) is 122 Å². The molecule has 0 spiro atoms. The molecule has 0 fully saturated rings. The Morgan fingerprint density at radius 1 is 0.632 bits per heavy atom. The first-order chi connectivity index (χ1) is 18.4. The number of carbonyl (C=O) groups is 3. The van der Waals surface area contributed by atoms with Gasteiger partial charge < -0.3 is 38.5 Å². The van der Waals surface area contributed by atoms with Gasteiger partial charge in [-0.25, -0.2) is 0 Å². The van der Waals surface area contributed by atoms with Crippen LogP contribution in [0.15, 0.2) is 0 Å². The molecule has 0 bridgehead atoms. The quantitative estimate of drug-likeness (QED) is 0.0763. The van der Waals surface area contributed by atoms with Gasteiger partial charge in [0.1, 0.15) is 0 Å². The molecule has 0 heterocycles. The Morgan fingerprint density at radius 3 is 1.53 bits per heavy atom. The van der Waals surface area contributed by atoms with Crippen LogP contribution in [0, 0.1) is 0 Å². The van der Waals surface area contributed by atoms with Crippen LogP contribution in [-0.2, 0) is 14.4 Å². The monoisotopic (exact) mass is 545 g/mol. The van der Waals surface area contributed by atoms with E-state index >= 15 is 0 Å². The third-order valence-corrected chi connectivity index (χ3v) is 7.00. The molecule has 0 aliphatic heterocycles. The SMILES string of the molecule is CCCCCCCCCC(=O)N(CCCNC(=O)[C@@H]([NH3+])CCCC[NH3+])CCCNC(=O)[C@@H]([NH3+])CCCC[NH3+]. The standard InChI is InChI=1S/C28H59N7O3/c1-2-3-4-5-6-7-8-17-26(36)35(22-13-20-33-27(37)24(31)15-9-11-18-29)23-14-21-34-28(38)25(32)16-10-12-19-30/h24-25H,2-23,29-32H2,1H3,(H,33,37)(H,34,38)/p+4/t24-,25-/m0/s1.